The number of para-hydroxylation sites is 1. The van der Waals surface area contributed by atoms with Crippen LogP contribution in [0.25, 0.3) is 11.3 Å². The van der Waals surface area contributed by atoms with Crippen molar-refractivity contribution in [3.8, 4) is 17.0 Å². The molecule has 1 N–H and O–H groups in total. The van der Waals surface area contributed by atoms with Crippen molar-refractivity contribution in [3.63, 3.8) is 0 Å². The van der Waals surface area contributed by atoms with Gasteiger partial charge in [0.15, 0.2) is 0 Å². The van der Waals surface area contributed by atoms with Crippen LogP contribution in [0.2, 0.25) is 0 Å². The molecule has 1 atom stereocenters. The Hall–Kier alpha value is -3.69. The maximum absolute atomic E-state index is 13.1. The Morgan fingerprint density at radius 3 is 2.45 bits per heavy atom. The molecule has 0 bridgehead atoms. The summed E-state index contributed by atoms with van der Waals surface area (Å²) in [5.74, 6) is -1.50. The summed E-state index contributed by atoms with van der Waals surface area (Å²) in [6, 6.07) is 12.5. The van der Waals surface area contributed by atoms with Gasteiger partial charge in [0, 0.05) is 23.7 Å². The SMILES string of the molecule is C[C@@H](C(=O)NCc1ccccc1OC(F)(F)F)n1nc(-c2ccc(F)cc2)ccc1=O. The van der Waals surface area contributed by atoms with Gasteiger partial charge in [-0.25, -0.2) is 9.07 Å². The first-order valence-electron chi connectivity index (χ1n) is 9.11. The highest BCUT2D eigenvalue weighted by atomic mass is 19.4. The Kier molecular flexibility index (Phi) is 6.38. The molecule has 0 unspecified atom stereocenters. The first kappa shape index (κ1) is 22.0. The minimum absolute atomic E-state index is 0.112. The summed E-state index contributed by atoms with van der Waals surface area (Å²) in [7, 11) is 0. The lowest BCUT2D eigenvalue weighted by Gasteiger charge is -2.17. The van der Waals surface area contributed by atoms with Gasteiger partial charge in [0.1, 0.15) is 17.6 Å². The van der Waals surface area contributed by atoms with Crippen molar-refractivity contribution >= 4 is 5.91 Å². The molecule has 2 aromatic carbocycles. The lowest BCUT2D eigenvalue weighted by Crippen LogP contribution is -2.36. The standard InChI is InChI=1S/C21H17F4N3O3/c1-13(20(30)26-12-15-4-2-3-5-18(15)31-21(23,24)25)28-19(29)11-10-17(27-28)14-6-8-16(22)9-7-14/h2-11,13H,12H2,1H3,(H,26,30)/t13-/m0/s1. The molecule has 1 heterocycles. The number of carbonyl (C=O) groups excluding carboxylic acids is 1. The molecule has 0 aliphatic carbocycles. The molecule has 0 radical (unpaired) electrons. The van der Waals surface area contributed by atoms with Crippen LogP contribution >= 0.6 is 0 Å². The predicted octanol–water partition coefficient (Wildman–Crippen LogP) is 3.83. The summed E-state index contributed by atoms with van der Waals surface area (Å²) in [6.07, 6.45) is -4.87. The van der Waals surface area contributed by atoms with E-state index in [2.05, 4.69) is 15.2 Å². The van der Waals surface area contributed by atoms with Gasteiger partial charge in [-0.3, -0.25) is 9.59 Å². The molecule has 3 aromatic rings. The molecular weight excluding hydrogens is 418 g/mol. The van der Waals surface area contributed by atoms with E-state index < -0.39 is 35.4 Å². The van der Waals surface area contributed by atoms with Crippen LogP contribution in [-0.4, -0.2) is 22.1 Å². The average Bonchev–Trinajstić information content (AvgIpc) is 2.72. The van der Waals surface area contributed by atoms with Crippen LogP contribution in [-0.2, 0) is 11.3 Å². The Morgan fingerprint density at radius 1 is 1.10 bits per heavy atom. The number of nitrogens with zero attached hydrogens (tertiary/aromatic N) is 2. The summed E-state index contributed by atoms with van der Waals surface area (Å²) >= 11 is 0. The van der Waals surface area contributed by atoms with Crippen molar-refractivity contribution in [3.05, 3.63) is 82.4 Å². The van der Waals surface area contributed by atoms with Gasteiger partial charge in [0.25, 0.3) is 5.56 Å². The normalized spacial score (nSPS) is 12.3. The van der Waals surface area contributed by atoms with Gasteiger partial charge < -0.3 is 10.1 Å². The number of aromatic nitrogens is 2. The van der Waals surface area contributed by atoms with Crippen LogP contribution in [0.1, 0.15) is 18.5 Å². The molecule has 31 heavy (non-hydrogen) atoms. The zero-order chi connectivity index (χ0) is 22.6. The monoisotopic (exact) mass is 435 g/mol. The topological polar surface area (TPSA) is 73.2 Å². The van der Waals surface area contributed by atoms with Gasteiger partial charge in [-0.15, -0.1) is 13.2 Å². The highest BCUT2D eigenvalue weighted by molar-refractivity contribution is 5.79. The van der Waals surface area contributed by atoms with Crippen LogP contribution in [0.3, 0.4) is 0 Å². The van der Waals surface area contributed by atoms with E-state index in [1.165, 1.54) is 61.5 Å². The van der Waals surface area contributed by atoms with E-state index in [1.807, 2.05) is 0 Å². The largest absolute Gasteiger partial charge is 0.573 e. The van der Waals surface area contributed by atoms with Gasteiger partial charge in [0.05, 0.1) is 5.69 Å². The van der Waals surface area contributed by atoms with E-state index in [1.54, 1.807) is 0 Å². The molecule has 1 amide bonds. The number of ether oxygens (including phenoxy) is 1. The summed E-state index contributed by atoms with van der Waals surface area (Å²) < 4.78 is 55.6. The van der Waals surface area contributed by atoms with Crippen LogP contribution in [0.15, 0.2) is 65.5 Å². The van der Waals surface area contributed by atoms with E-state index in [4.69, 9.17) is 0 Å². The molecule has 0 saturated heterocycles. The second-order valence-electron chi connectivity index (χ2n) is 6.56. The van der Waals surface area contributed by atoms with Gasteiger partial charge in [-0.05, 0) is 43.3 Å². The minimum Gasteiger partial charge on any atom is -0.405 e. The van der Waals surface area contributed by atoms with Crippen LogP contribution in [0, 0.1) is 5.82 Å². The highest BCUT2D eigenvalue weighted by Gasteiger charge is 2.32. The average molecular weight is 435 g/mol. The van der Waals surface area contributed by atoms with Crippen LogP contribution in [0.5, 0.6) is 5.75 Å². The summed E-state index contributed by atoms with van der Waals surface area (Å²) in [5.41, 5.74) is 0.458. The number of halogens is 4. The first-order valence-corrected chi connectivity index (χ1v) is 9.11. The zero-order valence-corrected chi connectivity index (χ0v) is 16.2. The van der Waals surface area contributed by atoms with E-state index in [9.17, 15) is 27.2 Å². The lowest BCUT2D eigenvalue weighted by molar-refractivity contribution is -0.274. The third-order valence-electron chi connectivity index (χ3n) is 4.36. The summed E-state index contributed by atoms with van der Waals surface area (Å²) in [6.45, 7) is 1.18. The number of nitrogens with one attached hydrogen (secondary N) is 1. The van der Waals surface area contributed by atoms with E-state index in [-0.39, 0.29) is 12.1 Å². The maximum Gasteiger partial charge on any atom is 0.573 e. The molecule has 0 aliphatic heterocycles. The number of amides is 1. The van der Waals surface area contributed by atoms with Crippen molar-refractivity contribution in [1.29, 1.82) is 0 Å². The molecule has 6 nitrogen and oxygen atoms in total. The Morgan fingerprint density at radius 2 is 1.77 bits per heavy atom. The molecular formula is C21H17F4N3O3. The van der Waals surface area contributed by atoms with Crippen molar-refractivity contribution in [1.82, 2.24) is 15.1 Å². The Balaban J connectivity index is 1.76. The fourth-order valence-corrected chi connectivity index (χ4v) is 2.79. The van der Waals surface area contributed by atoms with E-state index in [0.29, 0.717) is 11.3 Å². The number of alkyl halides is 3. The Bertz CT molecular complexity index is 1130. The van der Waals surface area contributed by atoms with Crippen molar-refractivity contribution in [2.75, 3.05) is 0 Å². The lowest BCUT2D eigenvalue weighted by atomic mass is 10.1. The van der Waals surface area contributed by atoms with Gasteiger partial charge in [0.2, 0.25) is 5.91 Å². The minimum atomic E-state index is -4.87. The second-order valence-corrected chi connectivity index (χ2v) is 6.56. The van der Waals surface area contributed by atoms with Gasteiger partial charge in [-0.1, -0.05) is 18.2 Å². The van der Waals surface area contributed by atoms with E-state index in [0.717, 1.165) is 10.7 Å². The number of rotatable bonds is 6. The molecule has 162 valence electrons. The molecule has 3 rings (SSSR count). The Labute approximate surface area is 174 Å². The number of benzene rings is 2. The molecule has 0 aliphatic rings. The van der Waals surface area contributed by atoms with Crippen molar-refractivity contribution in [2.45, 2.75) is 25.9 Å². The predicted molar refractivity (Wildman–Crippen MR) is 104 cm³/mol. The fourth-order valence-electron chi connectivity index (χ4n) is 2.79. The molecule has 10 heteroatoms. The smallest absolute Gasteiger partial charge is 0.405 e. The molecule has 0 saturated carbocycles. The second kappa shape index (κ2) is 8.99. The molecule has 0 fully saturated rings. The third kappa shape index (κ3) is 5.68. The number of hydrogen-bond donors (Lipinski definition) is 1. The first-order chi connectivity index (χ1) is 14.6. The summed E-state index contributed by atoms with van der Waals surface area (Å²) in [5, 5.41) is 6.64. The van der Waals surface area contributed by atoms with Crippen molar-refractivity contribution < 1.29 is 27.1 Å². The van der Waals surface area contributed by atoms with Gasteiger partial charge in [-0.2, -0.15) is 5.10 Å². The van der Waals surface area contributed by atoms with Crippen molar-refractivity contribution in [2.24, 2.45) is 0 Å². The highest BCUT2D eigenvalue weighted by Crippen LogP contribution is 2.26. The molecule has 1 aromatic heterocycles. The third-order valence-corrected chi connectivity index (χ3v) is 4.36. The van der Waals surface area contributed by atoms with Crippen LogP contribution in [0.4, 0.5) is 17.6 Å². The quantitative estimate of drug-likeness (QED) is 0.598. The number of carbonyl (C=O) groups is 1. The summed E-state index contributed by atoms with van der Waals surface area (Å²) in [4.78, 5) is 24.7. The number of hydrogen-bond acceptors (Lipinski definition) is 4. The maximum atomic E-state index is 13.1. The van der Waals surface area contributed by atoms with E-state index >= 15 is 0 Å². The zero-order valence-electron chi connectivity index (χ0n) is 16.2. The molecule has 0 spiro atoms. The van der Waals surface area contributed by atoms with Gasteiger partial charge >= 0.3 is 6.36 Å². The fraction of sp³-hybridized carbons (Fsp3) is 0.190. The van der Waals surface area contributed by atoms with Crippen LogP contribution < -0.4 is 15.6 Å².